The number of benzene rings is 4. The van der Waals surface area contributed by atoms with Gasteiger partial charge in [0.25, 0.3) is 0 Å². The molecule has 0 radical (unpaired) electrons. The maximum Gasteiger partial charge on any atom is 0.509 e. The number of aliphatic hydroxyl groups is 2. The molecule has 10 atom stereocenters. The van der Waals surface area contributed by atoms with Crippen LogP contribution < -0.4 is 0 Å². The van der Waals surface area contributed by atoms with Crippen LogP contribution in [-0.4, -0.2) is 109 Å². The second kappa shape index (κ2) is 22.6. The highest BCUT2D eigenvalue weighted by molar-refractivity contribution is 6.73. The van der Waals surface area contributed by atoms with Crippen molar-refractivity contribution in [1.29, 1.82) is 0 Å². The van der Waals surface area contributed by atoms with Crippen molar-refractivity contribution in [3.8, 4) is 0 Å². The third-order valence-corrected chi connectivity index (χ3v) is 21.3. The monoisotopic (exact) mass is 1060 g/mol. The van der Waals surface area contributed by atoms with Gasteiger partial charge in [0, 0.05) is 30.7 Å². The molecule has 17 heteroatoms. The lowest BCUT2D eigenvalue weighted by Gasteiger charge is -2.68. The maximum atomic E-state index is 16.7. The molecule has 1 saturated heterocycles. The van der Waals surface area contributed by atoms with Gasteiger partial charge in [0.1, 0.15) is 42.8 Å². The van der Waals surface area contributed by atoms with Crippen molar-refractivity contribution in [3.05, 3.63) is 155 Å². The van der Waals surface area contributed by atoms with E-state index in [0.29, 0.717) is 29.3 Å². The molecule has 404 valence electrons. The van der Waals surface area contributed by atoms with Crippen LogP contribution in [0.1, 0.15) is 95.3 Å². The molecule has 76 heavy (non-hydrogen) atoms. The van der Waals surface area contributed by atoms with E-state index in [-0.39, 0.29) is 48.7 Å². The van der Waals surface area contributed by atoms with E-state index in [0.717, 1.165) is 5.56 Å². The van der Waals surface area contributed by atoms with E-state index in [2.05, 4.69) is 5.16 Å². The molecule has 16 nitrogen and oxygen atoms in total. The molecule has 4 aromatic carbocycles. The molecule has 2 N–H and O–H groups in total. The van der Waals surface area contributed by atoms with Crippen molar-refractivity contribution in [2.45, 2.75) is 147 Å². The average molecular weight is 1060 g/mol. The average Bonchev–Trinajstić information content (AvgIpc) is 3.61. The van der Waals surface area contributed by atoms with Gasteiger partial charge < -0.3 is 47.9 Å². The number of esters is 3. The quantitative estimate of drug-likeness (QED) is 0.0238. The number of nitrogens with zero attached hydrogens (tertiary/aromatic N) is 1. The molecule has 4 aliphatic rings. The summed E-state index contributed by atoms with van der Waals surface area (Å²) in [7, 11) is -2.70. The predicted octanol–water partition coefficient (Wildman–Crippen LogP) is 9.01. The molecule has 0 aromatic heterocycles. The first kappa shape index (κ1) is 55.7. The van der Waals surface area contributed by atoms with Gasteiger partial charge in [-0.25, -0.2) is 14.4 Å². The number of rotatable bonds is 18. The van der Waals surface area contributed by atoms with E-state index in [1.54, 1.807) is 113 Å². The largest absolute Gasteiger partial charge is 0.509 e. The summed E-state index contributed by atoms with van der Waals surface area (Å²) in [6, 6.07) is 36.6. The van der Waals surface area contributed by atoms with Crippen LogP contribution in [0.15, 0.2) is 138 Å². The summed E-state index contributed by atoms with van der Waals surface area (Å²) in [5.74, 6) is -5.03. The summed E-state index contributed by atoms with van der Waals surface area (Å²) in [5.41, 5.74) is -5.87. The molecule has 2 bridgehead atoms. The Balaban J connectivity index is 1.33. The number of Topliss-reactive ketones (excluding diaryl/α,β-unsaturated/α-hetero) is 1. The van der Waals surface area contributed by atoms with Crippen molar-refractivity contribution >= 4 is 43.9 Å². The van der Waals surface area contributed by atoms with Gasteiger partial charge in [-0.3, -0.25) is 9.59 Å². The van der Waals surface area contributed by atoms with Crippen LogP contribution in [0, 0.1) is 16.7 Å². The Kier molecular flexibility index (Phi) is 16.6. The predicted molar refractivity (Wildman–Crippen MR) is 281 cm³/mol. The van der Waals surface area contributed by atoms with Crippen LogP contribution >= 0.6 is 0 Å². The van der Waals surface area contributed by atoms with Gasteiger partial charge in [-0.05, 0) is 66.4 Å². The normalized spacial score (nSPS) is 28.2. The fourth-order valence-electron chi connectivity index (χ4n) is 12.1. The second-order valence-electron chi connectivity index (χ2n) is 21.1. The minimum Gasteiger partial charge on any atom is -0.456 e. The van der Waals surface area contributed by atoms with Gasteiger partial charge in [0.15, 0.2) is 31.9 Å². The highest BCUT2D eigenvalue weighted by Gasteiger charge is 2.79. The van der Waals surface area contributed by atoms with E-state index in [4.69, 9.17) is 37.7 Å². The standard InChI is InChI=1S/C59H69NO15Si/c1-9-76(10-2,11-3)75-44-32-45-58(36-69-45,74-38(5)61)50-52(73-53(64)42-30-22-15-23-31-42)59(67)33-43(71-54(65)48(62)47(41-28-20-14-21-29-41)60-70-35-40-26-18-13-19-27-40)37(4)46(56(59,6)7)49(51(63)57(44,50)8)72-55(66)68-34-39-24-16-12-17-25-39/h12-31,43-45,48-50,52,62,67H,9-11,32-36H2,1-8H3/b60-47-/t43-,44-,45+,48+,49+,50?,52?,57+,58-,59+/m0/s1. The molecule has 8 rings (SSSR count). The number of hydrogen-bond donors (Lipinski definition) is 2. The molecule has 0 amide bonds. The zero-order valence-corrected chi connectivity index (χ0v) is 45.4. The smallest absolute Gasteiger partial charge is 0.456 e. The van der Waals surface area contributed by atoms with Gasteiger partial charge >= 0.3 is 24.1 Å². The Morgan fingerprint density at radius 3 is 1.87 bits per heavy atom. The van der Waals surface area contributed by atoms with Crippen molar-refractivity contribution in [2.24, 2.45) is 21.9 Å². The molecule has 3 fully saturated rings. The zero-order valence-electron chi connectivity index (χ0n) is 44.4. The first-order valence-electron chi connectivity index (χ1n) is 26.1. The number of carbonyl (C=O) groups is 5. The molecular weight excluding hydrogens is 991 g/mol. The van der Waals surface area contributed by atoms with E-state index in [9.17, 15) is 29.4 Å². The van der Waals surface area contributed by atoms with Crippen molar-refractivity contribution in [1.82, 2.24) is 0 Å². The van der Waals surface area contributed by atoms with Gasteiger partial charge in [-0.1, -0.05) is 149 Å². The second-order valence-corrected chi connectivity index (χ2v) is 25.8. The molecule has 1 aliphatic heterocycles. The van der Waals surface area contributed by atoms with Crippen molar-refractivity contribution in [3.63, 3.8) is 0 Å². The van der Waals surface area contributed by atoms with Gasteiger partial charge in [0.05, 0.1) is 29.6 Å². The van der Waals surface area contributed by atoms with Crippen LogP contribution in [0.25, 0.3) is 0 Å². The lowest BCUT2D eigenvalue weighted by molar-refractivity contribution is -0.344. The summed E-state index contributed by atoms with van der Waals surface area (Å²) in [6.07, 6.45) is -10.9. The lowest BCUT2D eigenvalue weighted by Crippen LogP contribution is -2.82. The Hall–Kier alpha value is -6.50. The van der Waals surface area contributed by atoms with Crippen LogP contribution in [0.3, 0.4) is 0 Å². The molecule has 0 spiro atoms. The first-order chi connectivity index (χ1) is 36.3. The third-order valence-electron chi connectivity index (χ3n) is 16.7. The topological polar surface area (TPSA) is 212 Å². The zero-order chi connectivity index (χ0) is 54.6. The first-order valence-corrected chi connectivity index (χ1v) is 28.6. The number of carbonyl (C=O) groups excluding carboxylic acids is 5. The fraction of sp³-hybridized carbons (Fsp3) is 0.458. The number of ketones is 1. The summed E-state index contributed by atoms with van der Waals surface area (Å²) in [6.45, 7) is 13.3. The van der Waals surface area contributed by atoms with Crippen molar-refractivity contribution in [2.75, 3.05) is 6.61 Å². The van der Waals surface area contributed by atoms with Gasteiger partial charge in [0.2, 0.25) is 0 Å². The van der Waals surface area contributed by atoms with E-state index in [1.807, 2.05) is 57.2 Å². The highest BCUT2D eigenvalue weighted by Crippen LogP contribution is 2.65. The van der Waals surface area contributed by atoms with E-state index < -0.39 is 109 Å². The molecule has 2 saturated carbocycles. The van der Waals surface area contributed by atoms with Crippen LogP contribution in [0.2, 0.25) is 18.1 Å². The van der Waals surface area contributed by atoms with E-state index in [1.165, 1.54) is 6.92 Å². The third kappa shape index (κ3) is 10.4. The minimum atomic E-state index is -2.70. The Morgan fingerprint density at radius 2 is 1.33 bits per heavy atom. The Labute approximate surface area is 444 Å². The van der Waals surface area contributed by atoms with Gasteiger partial charge in [-0.15, -0.1) is 0 Å². The van der Waals surface area contributed by atoms with Gasteiger partial charge in [-0.2, -0.15) is 0 Å². The summed E-state index contributed by atoms with van der Waals surface area (Å²) in [4.78, 5) is 79.9. The maximum absolute atomic E-state index is 16.7. The van der Waals surface area contributed by atoms with Crippen LogP contribution in [0.4, 0.5) is 4.79 Å². The molecule has 3 aliphatic carbocycles. The van der Waals surface area contributed by atoms with Crippen molar-refractivity contribution < 1.29 is 71.9 Å². The molecule has 4 aromatic rings. The SMILES string of the molecule is CC[Si](CC)(CC)O[C@H]1C[C@H]2OC[C@@]2(OC(C)=O)C2C(OC(=O)c3ccccc3)[C@]3(O)C[C@H](OC(=O)[C@H](O)/C(=N\OCc4ccccc4)c4ccccc4)C(C)=C([C@@H](OC(=O)OCc4ccccc4)C(=O)[C@@]21C)C3(C)C. The summed E-state index contributed by atoms with van der Waals surface area (Å²) < 4.78 is 45.2. The highest BCUT2D eigenvalue weighted by atomic mass is 28.4. The molecule has 2 unspecified atom stereocenters. The van der Waals surface area contributed by atoms with Crippen LogP contribution in [-0.2, 0) is 65.3 Å². The summed E-state index contributed by atoms with van der Waals surface area (Å²) in [5, 5.41) is 30.5. The Morgan fingerprint density at radius 1 is 0.776 bits per heavy atom. The van der Waals surface area contributed by atoms with E-state index >= 15 is 4.79 Å². The number of fused-ring (bicyclic) bond motifs is 5. The number of aliphatic hydroxyl groups excluding tert-OH is 1. The Bertz CT molecular complexity index is 2800. The lowest BCUT2D eigenvalue weighted by atomic mass is 9.44. The summed E-state index contributed by atoms with van der Waals surface area (Å²) >= 11 is 0. The molecule has 1 heterocycles. The van der Waals surface area contributed by atoms with Crippen LogP contribution in [0.5, 0.6) is 0 Å². The number of oxime groups is 1. The fourth-order valence-corrected chi connectivity index (χ4v) is 15.0. The molecular formula is C59H69NO15Si. The number of ether oxygens (including phenoxy) is 6. The minimum absolute atomic E-state index is 0.00635. The number of hydrogen-bond acceptors (Lipinski definition) is 16.